The zero-order valence-corrected chi connectivity index (χ0v) is 9.75. The van der Waals surface area contributed by atoms with Crippen LogP contribution in [-0.2, 0) is 0 Å². The number of hydrogen-bond acceptors (Lipinski definition) is 3. The molecule has 0 heterocycles. The van der Waals surface area contributed by atoms with Crippen LogP contribution >= 0.6 is 12.2 Å². The van der Waals surface area contributed by atoms with E-state index >= 15 is 0 Å². The third-order valence-electron chi connectivity index (χ3n) is 2.17. The molecule has 0 bridgehead atoms. The number of hydrogen-bond donors (Lipinski definition) is 3. The van der Waals surface area contributed by atoms with Crippen molar-refractivity contribution in [1.29, 1.82) is 0 Å². The number of aromatic hydroxyl groups is 1. The van der Waals surface area contributed by atoms with Gasteiger partial charge in [-0.15, -0.1) is 0 Å². The molecule has 16 heavy (non-hydrogen) atoms. The van der Waals surface area contributed by atoms with Crippen molar-refractivity contribution in [3.63, 3.8) is 0 Å². The molecule has 1 atom stereocenters. The van der Waals surface area contributed by atoms with Gasteiger partial charge in [0.25, 0.3) is 5.91 Å². The summed E-state index contributed by atoms with van der Waals surface area (Å²) < 4.78 is 0. The minimum absolute atomic E-state index is 0.0519. The molecule has 1 rings (SSSR count). The van der Waals surface area contributed by atoms with Crippen molar-refractivity contribution in [2.75, 3.05) is 0 Å². The van der Waals surface area contributed by atoms with Gasteiger partial charge in [-0.1, -0.05) is 25.2 Å². The summed E-state index contributed by atoms with van der Waals surface area (Å²) in [7, 11) is 0. The molecule has 0 saturated carbocycles. The van der Waals surface area contributed by atoms with E-state index in [4.69, 9.17) is 18.0 Å². The Morgan fingerprint density at radius 2 is 2.31 bits per heavy atom. The largest absolute Gasteiger partial charge is 0.508 e. The van der Waals surface area contributed by atoms with Crippen molar-refractivity contribution in [1.82, 2.24) is 5.32 Å². The monoisotopic (exact) mass is 238 g/mol. The van der Waals surface area contributed by atoms with E-state index in [1.165, 1.54) is 12.1 Å². The molecule has 0 saturated heterocycles. The standard InChI is InChI=1S/C11H14N2O2S/c1-2-9(10(12)16)13-11(15)7-4-3-5-8(14)6-7/h3-6,9,14H,2H2,1H3,(H2,12,16)(H,13,15). The molecule has 0 aromatic heterocycles. The Morgan fingerprint density at radius 1 is 1.62 bits per heavy atom. The Morgan fingerprint density at radius 3 is 2.81 bits per heavy atom. The van der Waals surface area contributed by atoms with E-state index in [0.29, 0.717) is 12.0 Å². The topological polar surface area (TPSA) is 75.3 Å². The molecule has 4 nitrogen and oxygen atoms in total. The second-order valence-electron chi connectivity index (χ2n) is 3.39. The van der Waals surface area contributed by atoms with Crippen LogP contribution in [0.15, 0.2) is 24.3 Å². The predicted octanol–water partition coefficient (Wildman–Crippen LogP) is 1.19. The maximum atomic E-state index is 11.7. The maximum absolute atomic E-state index is 11.7. The van der Waals surface area contributed by atoms with Gasteiger partial charge in [0.1, 0.15) is 5.75 Å². The Bertz CT molecular complexity index is 407. The van der Waals surface area contributed by atoms with Crippen LogP contribution in [-0.4, -0.2) is 22.0 Å². The third kappa shape index (κ3) is 3.20. The summed E-state index contributed by atoms with van der Waals surface area (Å²) in [6.45, 7) is 1.88. The first-order valence-corrected chi connectivity index (χ1v) is 5.34. The number of rotatable bonds is 4. The van der Waals surface area contributed by atoms with Gasteiger partial charge in [-0.25, -0.2) is 0 Å². The van der Waals surface area contributed by atoms with Crippen molar-refractivity contribution >= 4 is 23.1 Å². The van der Waals surface area contributed by atoms with E-state index in [2.05, 4.69) is 5.32 Å². The molecule has 1 aromatic rings. The molecule has 1 amide bonds. The number of benzene rings is 1. The van der Waals surface area contributed by atoms with E-state index in [-0.39, 0.29) is 22.7 Å². The Hall–Kier alpha value is -1.62. The van der Waals surface area contributed by atoms with Gasteiger partial charge in [0, 0.05) is 5.56 Å². The Kier molecular flexibility index (Phi) is 4.25. The lowest BCUT2D eigenvalue weighted by atomic mass is 10.1. The molecule has 4 N–H and O–H groups in total. The van der Waals surface area contributed by atoms with Crippen molar-refractivity contribution in [3.05, 3.63) is 29.8 Å². The van der Waals surface area contributed by atoms with E-state index < -0.39 is 0 Å². The zero-order chi connectivity index (χ0) is 12.1. The summed E-state index contributed by atoms with van der Waals surface area (Å²) >= 11 is 4.82. The van der Waals surface area contributed by atoms with E-state index in [1.54, 1.807) is 12.1 Å². The van der Waals surface area contributed by atoms with Crippen LogP contribution in [0.2, 0.25) is 0 Å². The molecule has 1 aromatic carbocycles. The second kappa shape index (κ2) is 5.46. The fourth-order valence-electron chi connectivity index (χ4n) is 1.26. The van der Waals surface area contributed by atoms with Gasteiger partial charge in [0.05, 0.1) is 11.0 Å². The maximum Gasteiger partial charge on any atom is 0.251 e. The van der Waals surface area contributed by atoms with E-state index in [0.717, 1.165) is 0 Å². The fourth-order valence-corrected chi connectivity index (χ4v) is 1.49. The smallest absolute Gasteiger partial charge is 0.251 e. The number of amides is 1. The number of carbonyl (C=O) groups excluding carboxylic acids is 1. The normalized spacial score (nSPS) is 11.8. The molecule has 0 aliphatic carbocycles. The van der Waals surface area contributed by atoms with E-state index in [1.807, 2.05) is 6.92 Å². The first-order chi connectivity index (χ1) is 7.54. The Labute approximate surface area is 99.5 Å². The van der Waals surface area contributed by atoms with Crippen LogP contribution in [0.25, 0.3) is 0 Å². The highest BCUT2D eigenvalue weighted by molar-refractivity contribution is 7.80. The van der Waals surface area contributed by atoms with Crippen molar-refractivity contribution in [3.8, 4) is 5.75 Å². The lowest BCUT2D eigenvalue weighted by Crippen LogP contribution is -2.42. The molecule has 86 valence electrons. The highest BCUT2D eigenvalue weighted by Gasteiger charge is 2.14. The van der Waals surface area contributed by atoms with Crippen LogP contribution in [0.5, 0.6) is 5.75 Å². The van der Waals surface area contributed by atoms with Crippen molar-refractivity contribution in [2.45, 2.75) is 19.4 Å². The van der Waals surface area contributed by atoms with Crippen LogP contribution in [0.4, 0.5) is 0 Å². The lowest BCUT2D eigenvalue weighted by molar-refractivity contribution is 0.0946. The number of phenolic OH excluding ortho intramolecular Hbond substituents is 1. The number of carbonyl (C=O) groups is 1. The SMILES string of the molecule is CCC(NC(=O)c1cccc(O)c1)C(N)=S. The first kappa shape index (κ1) is 12.4. The minimum atomic E-state index is -0.315. The third-order valence-corrected chi connectivity index (χ3v) is 2.45. The average molecular weight is 238 g/mol. The van der Waals surface area contributed by atoms with Crippen LogP contribution in [0.3, 0.4) is 0 Å². The summed E-state index contributed by atoms with van der Waals surface area (Å²) in [5, 5.41) is 11.9. The molecule has 0 aliphatic rings. The summed E-state index contributed by atoms with van der Waals surface area (Å²) in [6, 6.07) is 5.79. The fraction of sp³-hybridized carbons (Fsp3) is 0.273. The summed E-state index contributed by atoms with van der Waals surface area (Å²) in [5.41, 5.74) is 5.85. The molecular weight excluding hydrogens is 224 g/mol. The lowest BCUT2D eigenvalue weighted by Gasteiger charge is -2.15. The predicted molar refractivity (Wildman–Crippen MR) is 66.4 cm³/mol. The minimum Gasteiger partial charge on any atom is -0.508 e. The summed E-state index contributed by atoms with van der Waals surface area (Å²) in [6.07, 6.45) is 0.639. The number of phenols is 1. The quantitative estimate of drug-likeness (QED) is 0.689. The van der Waals surface area contributed by atoms with Gasteiger partial charge in [-0.2, -0.15) is 0 Å². The highest BCUT2D eigenvalue weighted by Crippen LogP contribution is 2.10. The zero-order valence-electron chi connectivity index (χ0n) is 8.93. The van der Waals surface area contributed by atoms with Crippen molar-refractivity contribution < 1.29 is 9.90 Å². The molecule has 0 fully saturated rings. The summed E-state index contributed by atoms with van der Waals surface area (Å²) in [4.78, 5) is 12.0. The van der Waals surface area contributed by atoms with Gasteiger partial charge in [-0.05, 0) is 24.6 Å². The van der Waals surface area contributed by atoms with Gasteiger partial charge in [0.15, 0.2) is 0 Å². The van der Waals surface area contributed by atoms with Crippen LogP contribution < -0.4 is 11.1 Å². The number of nitrogens with one attached hydrogen (secondary N) is 1. The van der Waals surface area contributed by atoms with Gasteiger partial charge in [-0.3, -0.25) is 4.79 Å². The number of nitrogens with two attached hydrogens (primary N) is 1. The Balaban J connectivity index is 2.75. The van der Waals surface area contributed by atoms with Crippen molar-refractivity contribution in [2.24, 2.45) is 5.73 Å². The van der Waals surface area contributed by atoms with Crippen LogP contribution in [0.1, 0.15) is 23.7 Å². The molecule has 0 aliphatic heterocycles. The average Bonchev–Trinajstić information content (AvgIpc) is 2.25. The van der Waals surface area contributed by atoms with Gasteiger partial charge >= 0.3 is 0 Å². The summed E-state index contributed by atoms with van der Waals surface area (Å²) in [5.74, 6) is -0.244. The number of thiocarbonyl (C=S) groups is 1. The molecule has 5 heteroatoms. The first-order valence-electron chi connectivity index (χ1n) is 4.93. The van der Waals surface area contributed by atoms with Crippen LogP contribution in [0, 0.1) is 0 Å². The molecular formula is C11H14N2O2S. The second-order valence-corrected chi connectivity index (χ2v) is 3.86. The molecule has 0 spiro atoms. The highest BCUT2D eigenvalue weighted by atomic mass is 32.1. The van der Waals surface area contributed by atoms with Gasteiger partial charge < -0.3 is 16.2 Å². The van der Waals surface area contributed by atoms with E-state index in [9.17, 15) is 9.90 Å². The van der Waals surface area contributed by atoms with Gasteiger partial charge in [0.2, 0.25) is 0 Å². The molecule has 1 unspecified atom stereocenters. The molecule has 0 radical (unpaired) electrons.